The van der Waals surface area contributed by atoms with E-state index in [0.29, 0.717) is 13.1 Å². The lowest BCUT2D eigenvalue weighted by Crippen LogP contribution is -2.38. The van der Waals surface area contributed by atoms with Crippen LogP contribution in [0.5, 0.6) is 0 Å². The van der Waals surface area contributed by atoms with Gasteiger partial charge in [0.05, 0.1) is 6.54 Å². The number of nitrogens with one attached hydrogen (secondary N) is 1. The van der Waals surface area contributed by atoms with Crippen molar-refractivity contribution in [2.75, 3.05) is 19.6 Å². The highest BCUT2D eigenvalue weighted by Crippen LogP contribution is 1.94. The van der Waals surface area contributed by atoms with Gasteiger partial charge in [0.25, 0.3) is 0 Å². The Balaban J connectivity index is 3.95. The monoisotopic (exact) mass is 231 g/mol. The predicted octanol–water partition coefficient (Wildman–Crippen LogP) is -0.632. The van der Waals surface area contributed by atoms with Gasteiger partial charge in [-0.1, -0.05) is 6.92 Å². The summed E-state index contributed by atoms with van der Waals surface area (Å²) in [5.74, 6) is -1.44. The molecule has 0 radical (unpaired) electrons. The molecule has 92 valence electrons. The van der Waals surface area contributed by atoms with Crippen molar-refractivity contribution in [3.8, 4) is 0 Å². The minimum Gasteiger partial charge on any atom is -0.480 e. The van der Waals surface area contributed by atoms with Crippen molar-refractivity contribution in [2.45, 2.75) is 19.8 Å². The Kier molecular flexibility index (Phi) is 6.86. The summed E-state index contributed by atoms with van der Waals surface area (Å²) in [5, 5.41) is 10.5. The van der Waals surface area contributed by atoms with Crippen molar-refractivity contribution in [1.29, 1.82) is 0 Å². The number of urea groups is 1. The molecule has 0 aromatic carbocycles. The van der Waals surface area contributed by atoms with Crippen LogP contribution in [-0.2, 0) is 9.59 Å². The van der Waals surface area contributed by atoms with Gasteiger partial charge in [0, 0.05) is 13.0 Å². The number of carbonyl (C=O) groups is 3. The number of carbonyl (C=O) groups excluding carboxylic acids is 2. The van der Waals surface area contributed by atoms with Crippen LogP contribution >= 0.6 is 0 Å². The molecule has 0 atom stereocenters. The van der Waals surface area contributed by atoms with E-state index < -0.39 is 17.9 Å². The Labute approximate surface area is 93.6 Å². The molecular weight excluding hydrogens is 214 g/mol. The van der Waals surface area contributed by atoms with Crippen LogP contribution in [0, 0.1) is 0 Å². The minimum absolute atomic E-state index is 0.0518. The Bertz CT molecular complexity index is 267. The summed E-state index contributed by atoms with van der Waals surface area (Å²) in [4.78, 5) is 33.5. The van der Waals surface area contributed by atoms with Crippen molar-refractivity contribution in [3.63, 3.8) is 0 Å². The molecule has 16 heavy (non-hydrogen) atoms. The lowest BCUT2D eigenvalue weighted by atomic mass is 10.3. The number of amides is 3. The average molecular weight is 231 g/mol. The lowest BCUT2D eigenvalue weighted by molar-refractivity contribution is -0.138. The molecule has 0 aromatic rings. The van der Waals surface area contributed by atoms with E-state index >= 15 is 0 Å². The Morgan fingerprint density at radius 3 is 2.38 bits per heavy atom. The highest BCUT2D eigenvalue weighted by Gasteiger charge is 2.11. The van der Waals surface area contributed by atoms with Gasteiger partial charge in [0.15, 0.2) is 0 Å². The van der Waals surface area contributed by atoms with Gasteiger partial charge < -0.3 is 10.8 Å². The largest absolute Gasteiger partial charge is 0.480 e. The molecule has 0 aliphatic heterocycles. The zero-order valence-corrected chi connectivity index (χ0v) is 9.23. The fourth-order valence-corrected chi connectivity index (χ4v) is 1.24. The third kappa shape index (κ3) is 7.74. The summed E-state index contributed by atoms with van der Waals surface area (Å²) in [7, 11) is 0. The molecule has 3 amide bonds. The average Bonchev–Trinajstić information content (AvgIpc) is 2.12. The molecule has 0 rings (SSSR count). The number of carboxylic acids is 1. The molecule has 0 heterocycles. The number of primary amides is 1. The van der Waals surface area contributed by atoms with Crippen molar-refractivity contribution < 1.29 is 19.5 Å². The van der Waals surface area contributed by atoms with Gasteiger partial charge >= 0.3 is 12.0 Å². The van der Waals surface area contributed by atoms with Crippen LogP contribution in [0.25, 0.3) is 0 Å². The van der Waals surface area contributed by atoms with Gasteiger partial charge in [0.1, 0.15) is 0 Å². The van der Waals surface area contributed by atoms with Crippen LogP contribution < -0.4 is 11.1 Å². The van der Waals surface area contributed by atoms with E-state index in [9.17, 15) is 14.4 Å². The fourth-order valence-electron chi connectivity index (χ4n) is 1.24. The standard InChI is InChI=1S/C9H17N3O4/c1-2-4-12(6-8(14)15)5-3-7(13)11-9(10)16/h2-6H2,1H3,(H,14,15)(H3,10,11,13,16). The number of aliphatic carboxylic acids is 1. The maximum Gasteiger partial charge on any atom is 0.318 e. The zero-order chi connectivity index (χ0) is 12.6. The van der Waals surface area contributed by atoms with Gasteiger partial charge in [-0.2, -0.15) is 0 Å². The second-order valence-electron chi connectivity index (χ2n) is 3.33. The maximum absolute atomic E-state index is 11.1. The van der Waals surface area contributed by atoms with Crippen molar-refractivity contribution in [3.05, 3.63) is 0 Å². The number of nitrogens with zero attached hydrogens (tertiary/aromatic N) is 1. The molecule has 0 saturated carbocycles. The van der Waals surface area contributed by atoms with Crippen LogP contribution in [0.4, 0.5) is 4.79 Å². The Hall–Kier alpha value is -1.63. The van der Waals surface area contributed by atoms with Crippen molar-refractivity contribution in [1.82, 2.24) is 10.2 Å². The summed E-state index contributed by atoms with van der Waals surface area (Å²) in [6.45, 7) is 2.69. The molecule has 0 aromatic heterocycles. The molecule has 0 aliphatic rings. The highest BCUT2D eigenvalue weighted by molar-refractivity contribution is 5.93. The topological polar surface area (TPSA) is 113 Å². The van der Waals surface area contributed by atoms with Crippen molar-refractivity contribution in [2.24, 2.45) is 5.73 Å². The summed E-state index contributed by atoms with van der Waals surface area (Å²) >= 11 is 0. The van der Waals surface area contributed by atoms with E-state index in [2.05, 4.69) is 0 Å². The zero-order valence-electron chi connectivity index (χ0n) is 9.23. The quantitative estimate of drug-likeness (QED) is 0.540. The number of hydrogen-bond acceptors (Lipinski definition) is 4. The smallest absolute Gasteiger partial charge is 0.318 e. The Morgan fingerprint density at radius 2 is 1.94 bits per heavy atom. The van der Waals surface area contributed by atoms with Gasteiger partial charge in [-0.3, -0.25) is 19.8 Å². The summed E-state index contributed by atoms with van der Waals surface area (Å²) in [6.07, 6.45) is 0.848. The van der Waals surface area contributed by atoms with Gasteiger partial charge in [0.2, 0.25) is 5.91 Å². The SMILES string of the molecule is CCCN(CCC(=O)NC(N)=O)CC(=O)O. The molecular formula is C9H17N3O4. The third-order valence-corrected chi connectivity index (χ3v) is 1.82. The maximum atomic E-state index is 11.1. The van der Waals surface area contributed by atoms with Crippen LogP contribution in [-0.4, -0.2) is 47.5 Å². The van der Waals surface area contributed by atoms with Crippen LogP contribution in [0.3, 0.4) is 0 Å². The number of imide groups is 1. The van der Waals surface area contributed by atoms with E-state index in [1.54, 1.807) is 4.90 Å². The van der Waals surface area contributed by atoms with E-state index in [-0.39, 0.29) is 13.0 Å². The molecule has 4 N–H and O–H groups in total. The first-order valence-electron chi connectivity index (χ1n) is 4.99. The predicted molar refractivity (Wildman–Crippen MR) is 56.7 cm³/mol. The molecule has 0 spiro atoms. The molecule has 7 nitrogen and oxygen atoms in total. The van der Waals surface area contributed by atoms with Gasteiger partial charge in [-0.15, -0.1) is 0 Å². The van der Waals surface area contributed by atoms with Crippen LogP contribution in [0.15, 0.2) is 0 Å². The first-order valence-corrected chi connectivity index (χ1v) is 4.99. The van der Waals surface area contributed by atoms with Gasteiger partial charge in [-0.05, 0) is 13.0 Å². The highest BCUT2D eigenvalue weighted by atomic mass is 16.4. The molecule has 0 unspecified atom stereocenters. The number of rotatable bonds is 7. The van der Waals surface area contributed by atoms with Crippen LogP contribution in [0.1, 0.15) is 19.8 Å². The summed E-state index contributed by atoms with van der Waals surface area (Å²) < 4.78 is 0. The third-order valence-electron chi connectivity index (χ3n) is 1.82. The van der Waals surface area contributed by atoms with Crippen LogP contribution in [0.2, 0.25) is 0 Å². The van der Waals surface area contributed by atoms with Gasteiger partial charge in [-0.25, -0.2) is 4.79 Å². The fraction of sp³-hybridized carbons (Fsp3) is 0.667. The van der Waals surface area contributed by atoms with E-state index in [4.69, 9.17) is 10.8 Å². The van der Waals surface area contributed by atoms with Crippen molar-refractivity contribution >= 4 is 17.9 Å². The molecule has 0 fully saturated rings. The summed E-state index contributed by atoms with van der Waals surface area (Å²) in [5.41, 5.74) is 4.76. The van der Waals surface area contributed by atoms with E-state index in [1.807, 2.05) is 12.2 Å². The molecule has 0 bridgehead atoms. The van der Waals surface area contributed by atoms with E-state index in [1.165, 1.54) is 0 Å². The molecule has 0 aliphatic carbocycles. The summed E-state index contributed by atoms with van der Waals surface area (Å²) in [6, 6.07) is -0.898. The first kappa shape index (κ1) is 14.4. The Morgan fingerprint density at radius 1 is 1.31 bits per heavy atom. The lowest BCUT2D eigenvalue weighted by Gasteiger charge is -2.18. The second kappa shape index (κ2) is 7.63. The van der Waals surface area contributed by atoms with E-state index in [0.717, 1.165) is 6.42 Å². The molecule has 7 heteroatoms. The minimum atomic E-state index is -0.941. The second-order valence-corrected chi connectivity index (χ2v) is 3.33. The first-order chi connectivity index (χ1) is 7.45. The number of hydrogen-bond donors (Lipinski definition) is 3. The molecule has 0 saturated heterocycles. The normalized spacial score (nSPS) is 10.1. The number of nitrogens with two attached hydrogens (primary N) is 1. The number of carboxylic acid groups (broad SMARTS) is 1.